The van der Waals surface area contributed by atoms with Gasteiger partial charge in [-0.2, -0.15) is 0 Å². The molecule has 180 valence electrons. The summed E-state index contributed by atoms with van der Waals surface area (Å²) in [6, 6.07) is 24.0. The number of nitro benzene ring substituents is 2. The van der Waals surface area contributed by atoms with Crippen LogP contribution in [0.2, 0.25) is 5.02 Å². The van der Waals surface area contributed by atoms with Crippen LogP contribution in [0.1, 0.15) is 0 Å². The highest BCUT2D eigenvalue weighted by Crippen LogP contribution is 2.28. The summed E-state index contributed by atoms with van der Waals surface area (Å²) in [7, 11) is 0. The second kappa shape index (κ2) is 14.1. The highest BCUT2D eigenvalue weighted by Gasteiger charge is 2.05. The molecule has 0 spiro atoms. The number of hydrogen-bond acceptors (Lipinski definition) is 6. The van der Waals surface area contributed by atoms with Gasteiger partial charge in [0, 0.05) is 44.0 Å². The lowest BCUT2D eigenvalue weighted by Gasteiger charge is -2.01. The van der Waals surface area contributed by atoms with Crippen LogP contribution in [-0.2, 0) is 0 Å². The lowest BCUT2D eigenvalue weighted by Crippen LogP contribution is -1.86. The minimum atomic E-state index is -0.462. The van der Waals surface area contributed by atoms with Crippen molar-refractivity contribution < 1.29 is 18.6 Å². The van der Waals surface area contributed by atoms with E-state index < -0.39 is 9.85 Å². The van der Waals surface area contributed by atoms with E-state index in [-0.39, 0.29) is 23.0 Å². The maximum absolute atomic E-state index is 12.7. The molecule has 0 heterocycles. The van der Waals surface area contributed by atoms with Crippen molar-refractivity contribution in [1.29, 1.82) is 0 Å². The zero-order chi connectivity index (χ0) is 25.8. The van der Waals surface area contributed by atoms with Gasteiger partial charge in [0.1, 0.15) is 11.6 Å². The molecule has 0 bridgehead atoms. The van der Waals surface area contributed by atoms with Gasteiger partial charge in [-0.3, -0.25) is 20.2 Å². The van der Waals surface area contributed by atoms with E-state index in [9.17, 15) is 29.0 Å². The zero-order valence-corrected chi connectivity index (χ0v) is 20.2. The second-order valence-corrected chi connectivity index (χ2v) is 8.62. The van der Waals surface area contributed by atoms with E-state index in [2.05, 4.69) is 12.6 Å². The molecule has 0 N–H and O–H groups in total. The molecule has 0 aliphatic heterocycles. The van der Waals surface area contributed by atoms with Crippen LogP contribution < -0.4 is 0 Å². The number of rotatable bonds is 4. The summed E-state index contributed by atoms with van der Waals surface area (Å²) in [6.07, 6.45) is 0. The van der Waals surface area contributed by atoms with Gasteiger partial charge >= 0.3 is 0 Å². The highest BCUT2D eigenvalue weighted by atomic mass is 35.5. The van der Waals surface area contributed by atoms with Gasteiger partial charge in [0.2, 0.25) is 0 Å². The van der Waals surface area contributed by atoms with E-state index in [1.165, 1.54) is 72.4 Å². The van der Waals surface area contributed by atoms with Crippen molar-refractivity contribution in [2.24, 2.45) is 0 Å². The van der Waals surface area contributed by atoms with E-state index in [0.717, 1.165) is 14.7 Å². The molecular formula is C24H17ClF2N2O4S2. The third-order valence-corrected chi connectivity index (χ3v) is 5.53. The maximum Gasteiger partial charge on any atom is 0.269 e. The first-order valence-corrected chi connectivity index (χ1v) is 11.3. The smallest absolute Gasteiger partial charge is 0.258 e. The molecule has 0 aliphatic carbocycles. The van der Waals surface area contributed by atoms with Gasteiger partial charge in [0.15, 0.2) is 0 Å². The van der Waals surface area contributed by atoms with E-state index in [1.54, 1.807) is 36.4 Å². The molecular weight excluding hydrogens is 518 g/mol. The number of hydrogen-bond donors (Lipinski definition) is 1. The van der Waals surface area contributed by atoms with Crippen LogP contribution in [0.15, 0.2) is 112 Å². The predicted octanol–water partition coefficient (Wildman–Crippen LogP) is 8.25. The van der Waals surface area contributed by atoms with E-state index in [1.807, 2.05) is 0 Å². The van der Waals surface area contributed by atoms with Crippen LogP contribution in [0.25, 0.3) is 0 Å². The summed E-state index contributed by atoms with van der Waals surface area (Å²) in [5, 5.41) is 21.0. The average molecular weight is 535 g/mol. The first kappa shape index (κ1) is 27.8. The molecule has 0 saturated heterocycles. The number of nitro groups is 2. The minimum Gasteiger partial charge on any atom is -0.258 e. The summed E-state index contributed by atoms with van der Waals surface area (Å²) in [4.78, 5) is 22.2. The Morgan fingerprint density at radius 1 is 0.629 bits per heavy atom. The average Bonchev–Trinajstić information content (AvgIpc) is 2.84. The molecule has 35 heavy (non-hydrogen) atoms. The third-order valence-electron chi connectivity index (χ3n) is 3.96. The highest BCUT2D eigenvalue weighted by molar-refractivity contribution is 7.99. The van der Waals surface area contributed by atoms with Crippen molar-refractivity contribution in [3.05, 3.63) is 134 Å². The Labute approximate surface area is 214 Å². The van der Waals surface area contributed by atoms with Crippen LogP contribution in [0, 0.1) is 31.9 Å². The molecule has 4 aromatic carbocycles. The zero-order valence-electron chi connectivity index (χ0n) is 17.8. The van der Waals surface area contributed by atoms with Crippen LogP contribution >= 0.6 is 36.0 Å². The quantitative estimate of drug-likeness (QED) is 0.162. The molecule has 0 fully saturated rings. The Hall–Kier alpha value is -3.47. The van der Waals surface area contributed by atoms with E-state index in [4.69, 9.17) is 11.6 Å². The molecule has 0 saturated carbocycles. The molecule has 4 aromatic rings. The molecule has 0 radical (unpaired) electrons. The van der Waals surface area contributed by atoms with Crippen molar-refractivity contribution in [2.75, 3.05) is 0 Å². The number of non-ortho nitro benzene ring substituents is 2. The van der Waals surface area contributed by atoms with Crippen molar-refractivity contribution >= 4 is 47.4 Å². The molecule has 0 amide bonds. The van der Waals surface area contributed by atoms with Gasteiger partial charge in [-0.25, -0.2) is 8.78 Å². The van der Waals surface area contributed by atoms with Crippen LogP contribution in [0.5, 0.6) is 0 Å². The van der Waals surface area contributed by atoms with Crippen molar-refractivity contribution in [1.82, 2.24) is 0 Å². The summed E-state index contributed by atoms with van der Waals surface area (Å²) in [5.41, 5.74) is 0.123. The summed E-state index contributed by atoms with van der Waals surface area (Å²) < 4.78 is 24.7. The van der Waals surface area contributed by atoms with Crippen LogP contribution in [-0.4, -0.2) is 9.85 Å². The maximum atomic E-state index is 12.7. The summed E-state index contributed by atoms with van der Waals surface area (Å²) >= 11 is 10.9. The number of thiol groups is 1. The molecule has 11 heteroatoms. The molecule has 6 nitrogen and oxygen atoms in total. The molecule has 0 aliphatic rings. The lowest BCUT2D eigenvalue weighted by molar-refractivity contribution is -0.385. The van der Waals surface area contributed by atoms with Crippen LogP contribution in [0.4, 0.5) is 20.2 Å². The monoisotopic (exact) mass is 534 g/mol. The van der Waals surface area contributed by atoms with E-state index >= 15 is 0 Å². The SMILES string of the molecule is Fc1ccc(S)cc1.O=[N+]([O-])c1ccc(Cl)cc1.O=[N+]([O-])c1ccc(Sc2ccc(F)cc2)cc1. The van der Waals surface area contributed by atoms with Gasteiger partial charge in [-0.1, -0.05) is 23.4 Å². The van der Waals surface area contributed by atoms with Gasteiger partial charge < -0.3 is 0 Å². The topological polar surface area (TPSA) is 86.3 Å². The molecule has 4 rings (SSSR count). The number of benzene rings is 4. The van der Waals surface area contributed by atoms with Crippen molar-refractivity contribution in [3.8, 4) is 0 Å². The van der Waals surface area contributed by atoms with Gasteiger partial charge in [-0.15, -0.1) is 12.6 Å². The van der Waals surface area contributed by atoms with Gasteiger partial charge in [-0.05, 0) is 72.8 Å². The number of nitrogens with zero attached hydrogens (tertiary/aromatic N) is 2. The number of halogens is 3. The van der Waals surface area contributed by atoms with Gasteiger partial charge in [0.25, 0.3) is 11.4 Å². The molecule has 0 atom stereocenters. The molecule has 0 aromatic heterocycles. The van der Waals surface area contributed by atoms with Gasteiger partial charge in [0.05, 0.1) is 9.85 Å². The Kier molecular flexibility index (Phi) is 11.1. The Morgan fingerprint density at radius 3 is 1.34 bits per heavy atom. The Balaban J connectivity index is 0.000000204. The molecule has 0 unspecified atom stereocenters. The lowest BCUT2D eigenvalue weighted by atomic mass is 10.3. The minimum absolute atomic E-state index is 0.0596. The fourth-order valence-electron chi connectivity index (χ4n) is 2.28. The third kappa shape index (κ3) is 10.6. The Morgan fingerprint density at radius 2 is 0.971 bits per heavy atom. The summed E-state index contributed by atoms with van der Waals surface area (Å²) in [6.45, 7) is 0. The standard InChI is InChI=1S/C12H8FNO2S.C6H4ClNO2.C6H5FS/c13-9-1-5-11(6-2-9)17-12-7-3-10(4-8-12)14(15)16;7-5-1-3-6(4-2-5)8(9)10;7-5-1-3-6(8)4-2-5/h1-8H;1-4H;1-4,8H. The Bertz CT molecular complexity index is 1220. The normalized spacial score (nSPS) is 9.71. The first-order valence-electron chi connectivity index (χ1n) is 9.66. The van der Waals surface area contributed by atoms with Crippen molar-refractivity contribution in [3.63, 3.8) is 0 Å². The van der Waals surface area contributed by atoms with E-state index in [0.29, 0.717) is 5.02 Å². The predicted molar refractivity (Wildman–Crippen MR) is 135 cm³/mol. The largest absolute Gasteiger partial charge is 0.269 e. The van der Waals surface area contributed by atoms with Crippen LogP contribution in [0.3, 0.4) is 0 Å². The second-order valence-electron chi connectivity index (χ2n) is 6.52. The fourth-order valence-corrected chi connectivity index (χ4v) is 3.37. The fraction of sp³-hybridized carbons (Fsp3) is 0. The first-order chi connectivity index (χ1) is 16.6. The van der Waals surface area contributed by atoms with Crippen molar-refractivity contribution in [2.45, 2.75) is 14.7 Å². The summed E-state index contributed by atoms with van der Waals surface area (Å²) in [5.74, 6) is -0.499.